The third kappa shape index (κ3) is 3.05. The summed E-state index contributed by atoms with van der Waals surface area (Å²) < 4.78 is 39.2. The van der Waals surface area contributed by atoms with Gasteiger partial charge in [0.2, 0.25) is 0 Å². The second-order valence-corrected chi connectivity index (χ2v) is 4.02. The first-order valence-corrected chi connectivity index (χ1v) is 5.59. The molecule has 0 aliphatic heterocycles. The molecule has 0 aliphatic carbocycles. The van der Waals surface area contributed by atoms with E-state index in [1.54, 1.807) is 0 Å². The minimum absolute atomic E-state index is 0.00921. The van der Waals surface area contributed by atoms with Crippen LogP contribution in [0.3, 0.4) is 0 Å². The molecule has 0 unspecified atom stereocenters. The van der Waals surface area contributed by atoms with Crippen molar-refractivity contribution in [3.8, 4) is 0 Å². The van der Waals surface area contributed by atoms with Crippen molar-refractivity contribution < 1.29 is 18.1 Å². The molecule has 0 aromatic heterocycles. The molecular formula is C13H9F3N2O2. The van der Waals surface area contributed by atoms with E-state index in [0.29, 0.717) is 5.56 Å². The SMILES string of the molecule is O=[N+]([O-])c1ccc(F)c(NCc2ccc(F)c(F)c2)c1. The Morgan fingerprint density at radius 2 is 1.70 bits per heavy atom. The topological polar surface area (TPSA) is 55.2 Å². The second kappa shape index (κ2) is 5.60. The van der Waals surface area contributed by atoms with Crippen LogP contribution in [0.5, 0.6) is 0 Å². The molecule has 0 amide bonds. The monoisotopic (exact) mass is 282 g/mol. The third-order valence-electron chi connectivity index (χ3n) is 2.63. The summed E-state index contributed by atoms with van der Waals surface area (Å²) in [6.07, 6.45) is 0. The van der Waals surface area contributed by atoms with Gasteiger partial charge in [0.05, 0.1) is 10.6 Å². The highest BCUT2D eigenvalue weighted by molar-refractivity contribution is 5.52. The molecule has 104 valence electrons. The van der Waals surface area contributed by atoms with Gasteiger partial charge in [0.1, 0.15) is 5.82 Å². The van der Waals surface area contributed by atoms with Crippen LogP contribution in [-0.2, 0) is 6.54 Å². The molecule has 2 aromatic carbocycles. The Hall–Kier alpha value is -2.57. The van der Waals surface area contributed by atoms with E-state index < -0.39 is 22.4 Å². The van der Waals surface area contributed by atoms with Crippen LogP contribution < -0.4 is 5.32 Å². The summed E-state index contributed by atoms with van der Waals surface area (Å²) >= 11 is 0. The fourth-order valence-corrected chi connectivity index (χ4v) is 1.61. The van der Waals surface area contributed by atoms with Crippen molar-refractivity contribution >= 4 is 11.4 Å². The molecule has 2 aromatic rings. The average molecular weight is 282 g/mol. The number of non-ortho nitro benzene ring substituents is 1. The zero-order chi connectivity index (χ0) is 14.7. The maximum Gasteiger partial charge on any atom is 0.271 e. The second-order valence-electron chi connectivity index (χ2n) is 4.02. The standard InChI is InChI=1S/C13H9F3N2O2/c14-10-3-1-8(5-12(10)16)7-17-13-6-9(18(19)20)2-4-11(13)15/h1-6,17H,7H2. The molecule has 4 nitrogen and oxygen atoms in total. The van der Waals surface area contributed by atoms with Gasteiger partial charge < -0.3 is 5.32 Å². The maximum atomic E-state index is 13.5. The predicted molar refractivity (Wildman–Crippen MR) is 66.7 cm³/mol. The van der Waals surface area contributed by atoms with Gasteiger partial charge in [-0.3, -0.25) is 10.1 Å². The smallest absolute Gasteiger partial charge is 0.271 e. The average Bonchev–Trinajstić information content (AvgIpc) is 2.41. The largest absolute Gasteiger partial charge is 0.378 e. The van der Waals surface area contributed by atoms with Crippen molar-refractivity contribution in [1.82, 2.24) is 0 Å². The minimum atomic E-state index is -1.01. The summed E-state index contributed by atoms with van der Waals surface area (Å²) in [6.45, 7) is 0.00921. The Kier molecular flexibility index (Phi) is 3.88. The summed E-state index contributed by atoms with van der Waals surface area (Å²) in [5, 5.41) is 13.2. The van der Waals surface area contributed by atoms with Crippen LogP contribution in [0.25, 0.3) is 0 Å². The number of nitro benzene ring substituents is 1. The van der Waals surface area contributed by atoms with Crippen molar-refractivity contribution in [2.24, 2.45) is 0 Å². The third-order valence-corrected chi connectivity index (χ3v) is 2.63. The first-order valence-electron chi connectivity index (χ1n) is 5.59. The van der Waals surface area contributed by atoms with Crippen molar-refractivity contribution in [2.45, 2.75) is 6.54 Å². The fraction of sp³-hybridized carbons (Fsp3) is 0.0769. The van der Waals surface area contributed by atoms with Crippen LogP contribution in [-0.4, -0.2) is 4.92 Å². The van der Waals surface area contributed by atoms with Gasteiger partial charge in [-0.25, -0.2) is 13.2 Å². The lowest BCUT2D eigenvalue weighted by molar-refractivity contribution is -0.384. The van der Waals surface area contributed by atoms with Crippen LogP contribution >= 0.6 is 0 Å². The lowest BCUT2D eigenvalue weighted by atomic mass is 10.2. The Morgan fingerprint density at radius 1 is 1.00 bits per heavy atom. The van der Waals surface area contributed by atoms with E-state index in [1.807, 2.05) is 0 Å². The zero-order valence-corrected chi connectivity index (χ0v) is 10.1. The summed E-state index contributed by atoms with van der Waals surface area (Å²) in [5.41, 5.74) is 0.0397. The van der Waals surface area contributed by atoms with E-state index >= 15 is 0 Å². The lowest BCUT2D eigenvalue weighted by Gasteiger charge is -2.08. The first-order chi connectivity index (χ1) is 9.47. The van der Waals surface area contributed by atoms with E-state index in [2.05, 4.69) is 5.32 Å². The normalized spacial score (nSPS) is 10.3. The molecule has 20 heavy (non-hydrogen) atoms. The number of hydrogen-bond donors (Lipinski definition) is 1. The summed E-state index contributed by atoms with van der Waals surface area (Å²) in [4.78, 5) is 9.93. The van der Waals surface area contributed by atoms with Gasteiger partial charge >= 0.3 is 0 Å². The van der Waals surface area contributed by atoms with Crippen molar-refractivity contribution in [3.05, 3.63) is 69.5 Å². The molecule has 1 N–H and O–H groups in total. The van der Waals surface area contributed by atoms with Gasteiger partial charge in [-0.05, 0) is 23.8 Å². The molecule has 7 heteroatoms. The van der Waals surface area contributed by atoms with E-state index in [0.717, 1.165) is 30.3 Å². The molecule has 0 atom stereocenters. The molecule has 0 heterocycles. The van der Waals surface area contributed by atoms with E-state index in [-0.39, 0.29) is 17.9 Å². The van der Waals surface area contributed by atoms with Crippen LogP contribution in [0.1, 0.15) is 5.56 Å². The van der Waals surface area contributed by atoms with Gasteiger partial charge in [0, 0.05) is 18.7 Å². The number of hydrogen-bond acceptors (Lipinski definition) is 3. The Balaban J connectivity index is 2.15. The Morgan fingerprint density at radius 3 is 2.35 bits per heavy atom. The quantitative estimate of drug-likeness (QED) is 0.688. The number of nitrogens with zero attached hydrogens (tertiary/aromatic N) is 1. The number of anilines is 1. The highest BCUT2D eigenvalue weighted by Gasteiger charge is 2.11. The number of benzene rings is 2. The van der Waals surface area contributed by atoms with E-state index in [4.69, 9.17) is 0 Å². The molecule has 2 rings (SSSR count). The van der Waals surface area contributed by atoms with Gasteiger partial charge in [0.15, 0.2) is 11.6 Å². The molecule has 0 aliphatic rings. The molecule has 0 saturated carbocycles. The number of nitrogens with one attached hydrogen (secondary N) is 1. The van der Waals surface area contributed by atoms with Crippen LogP contribution in [0.15, 0.2) is 36.4 Å². The van der Waals surface area contributed by atoms with Crippen LogP contribution in [0, 0.1) is 27.6 Å². The highest BCUT2D eigenvalue weighted by atomic mass is 19.2. The van der Waals surface area contributed by atoms with E-state index in [9.17, 15) is 23.3 Å². The Labute approximate surface area is 112 Å². The molecule has 0 bridgehead atoms. The number of halogens is 3. The number of nitro groups is 1. The van der Waals surface area contributed by atoms with Gasteiger partial charge in [0.25, 0.3) is 5.69 Å². The van der Waals surface area contributed by atoms with Crippen LogP contribution in [0.4, 0.5) is 24.5 Å². The van der Waals surface area contributed by atoms with Gasteiger partial charge in [-0.2, -0.15) is 0 Å². The number of rotatable bonds is 4. The van der Waals surface area contributed by atoms with Crippen molar-refractivity contribution in [2.75, 3.05) is 5.32 Å². The van der Waals surface area contributed by atoms with E-state index in [1.165, 1.54) is 6.07 Å². The predicted octanol–water partition coefficient (Wildman–Crippen LogP) is 3.62. The summed E-state index contributed by atoms with van der Waals surface area (Å²) in [7, 11) is 0. The zero-order valence-electron chi connectivity index (χ0n) is 10.1. The summed E-state index contributed by atoms with van der Waals surface area (Å²) in [5.74, 6) is -2.66. The minimum Gasteiger partial charge on any atom is -0.378 e. The molecule has 0 saturated heterocycles. The highest BCUT2D eigenvalue weighted by Crippen LogP contribution is 2.22. The Bertz CT molecular complexity index is 662. The maximum absolute atomic E-state index is 13.5. The molecule has 0 fully saturated rings. The van der Waals surface area contributed by atoms with Gasteiger partial charge in [-0.15, -0.1) is 0 Å². The van der Waals surface area contributed by atoms with Crippen molar-refractivity contribution in [1.29, 1.82) is 0 Å². The first kappa shape index (κ1) is 13.9. The lowest BCUT2D eigenvalue weighted by Crippen LogP contribution is -2.03. The molecular weight excluding hydrogens is 273 g/mol. The molecule has 0 spiro atoms. The van der Waals surface area contributed by atoms with Crippen LogP contribution in [0.2, 0.25) is 0 Å². The van der Waals surface area contributed by atoms with Gasteiger partial charge in [-0.1, -0.05) is 6.07 Å². The van der Waals surface area contributed by atoms with Crippen molar-refractivity contribution in [3.63, 3.8) is 0 Å². The summed E-state index contributed by atoms with van der Waals surface area (Å²) in [6, 6.07) is 6.30. The molecule has 0 radical (unpaired) electrons. The fourth-order valence-electron chi connectivity index (χ4n) is 1.61.